The number of halogens is 1. The summed E-state index contributed by atoms with van der Waals surface area (Å²) in [5.74, 6) is -0.352. The van der Waals surface area contributed by atoms with Crippen molar-refractivity contribution in [3.63, 3.8) is 0 Å². The first-order chi connectivity index (χ1) is 3.92. The Balaban J connectivity index is 3.67. The average molecular weight is 171 g/mol. The van der Waals surface area contributed by atoms with Gasteiger partial charge < -0.3 is 0 Å². The minimum atomic E-state index is -3.86. The maximum Gasteiger partial charge on any atom is 0.265 e. The Morgan fingerprint density at radius 3 is 2.22 bits per heavy atom. The molecule has 0 heterocycles. The molecule has 0 unspecified atom stereocenters. The average Bonchev–Trinajstić information content (AvgIpc) is 1.59. The summed E-state index contributed by atoms with van der Waals surface area (Å²) in [4.78, 5) is 0. The van der Waals surface area contributed by atoms with E-state index in [-0.39, 0.29) is 17.2 Å². The topological polar surface area (TPSA) is 54.4 Å². The van der Waals surface area contributed by atoms with Gasteiger partial charge in [0.15, 0.2) is 0 Å². The summed E-state index contributed by atoms with van der Waals surface area (Å²) in [6.07, 6.45) is 0.0976. The summed E-state index contributed by atoms with van der Waals surface area (Å²) in [6, 6.07) is 0. The molecule has 54 valence electrons. The molecule has 0 saturated heterocycles. The zero-order valence-electron chi connectivity index (χ0n) is 4.67. The summed E-state index contributed by atoms with van der Waals surface area (Å²) >= 11 is 5.21. The minimum Gasteiger partial charge on any atom is -0.286 e. The van der Waals surface area contributed by atoms with Crippen LogP contribution in [0.1, 0.15) is 6.42 Å². The van der Waals surface area contributed by atoms with Gasteiger partial charge in [-0.15, -0.1) is 0 Å². The second-order valence-corrected chi connectivity index (χ2v) is 3.66. The fourth-order valence-electron chi connectivity index (χ4n) is 0.240. The van der Waals surface area contributed by atoms with Crippen molar-refractivity contribution in [1.82, 2.24) is 0 Å². The molecule has 0 saturated carbocycles. The van der Waals surface area contributed by atoms with E-state index in [1.54, 1.807) is 0 Å². The van der Waals surface area contributed by atoms with Gasteiger partial charge in [0.2, 0.25) is 0 Å². The van der Waals surface area contributed by atoms with Crippen molar-refractivity contribution in [3.05, 3.63) is 11.6 Å². The van der Waals surface area contributed by atoms with Crippen molar-refractivity contribution in [2.24, 2.45) is 0 Å². The first-order valence-corrected chi connectivity index (χ1v) is 4.19. The number of hydrogen-bond donors (Lipinski definition) is 1. The van der Waals surface area contributed by atoms with Gasteiger partial charge in [-0.3, -0.25) is 4.55 Å². The summed E-state index contributed by atoms with van der Waals surface area (Å²) < 4.78 is 28.1. The summed E-state index contributed by atoms with van der Waals surface area (Å²) in [6.45, 7) is 3.25. The standard InChI is InChI=1S/C4H7ClO3S/c1-4(5)2-3-9(6,7)8/h1-3H2,(H,6,7,8). The molecule has 0 aromatic heterocycles. The van der Waals surface area contributed by atoms with Crippen LogP contribution >= 0.6 is 11.6 Å². The van der Waals surface area contributed by atoms with Crippen LogP contribution < -0.4 is 0 Å². The molecule has 5 heteroatoms. The highest BCUT2D eigenvalue weighted by Crippen LogP contribution is 2.03. The zero-order valence-corrected chi connectivity index (χ0v) is 6.24. The smallest absolute Gasteiger partial charge is 0.265 e. The molecule has 0 aromatic rings. The maximum atomic E-state index is 9.99. The van der Waals surface area contributed by atoms with E-state index >= 15 is 0 Å². The van der Waals surface area contributed by atoms with Gasteiger partial charge in [-0.05, 0) is 6.42 Å². The third-order valence-corrected chi connectivity index (χ3v) is 1.54. The molecule has 0 fully saturated rings. The first kappa shape index (κ1) is 8.94. The number of rotatable bonds is 3. The van der Waals surface area contributed by atoms with E-state index in [1.807, 2.05) is 0 Å². The van der Waals surface area contributed by atoms with Crippen molar-refractivity contribution in [2.45, 2.75) is 6.42 Å². The van der Waals surface area contributed by atoms with E-state index in [0.29, 0.717) is 0 Å². The van der Waals surface area contributed by atoms with Gasteiger partial charge in [-0.2, -0.15) is 8.42 Å². The molecule has 0 aromatic carbocycles. The lowest BCUT2D eigenvalue weighted by molar-refractivity contribution is 0.483. The van der Waals surface area contributed by atoms with Crippen LogP contribution in [0.25, 0.3) is 0 Å². The second-order valence-electron chi connectivity index (χ2n) is 1.55. The zero-order chi connectivity index (χ0) is 7.49. The molecular formula is C4H7ClO3S. The Morgan fingerprint density at radius 1 is 1.67 bits per heavy atom. The van der Waals surface area contributed by atoms with Crippen molar-refractivity contribution in [3.8, 4) is 0 Å². The van der Waals surface area contributed by atoms with Crippen LogP contribution in [0.2, 0.25) is 0 Å². The molecule has 0 rings (SSSR count). The molecule has 9 heavy (non-hydrogen) atoms. The van der Waals surface area contributed by atoms with Crippen LogP contribution in [0.5, 0.6) is 0 Å². The monoisotopic (exact) mass is 170 g/mol. The van der Waals surface area contributed by atoms with Crippen LogP contribution in [-0.2, 0) is 10.1 Å². The molecular weight excluding hydrogens is 164 g/mol. The van der Waals surface area contributed by atoms with Crippen molar-refractivity contribution in [1.29, 1.82) is 0 Å². The highest BCUT2D eigenvalue weighted by Gasteiger charge is 2.03. The van der Waals surface area contributed by atoms with Crippen LogP contribution in [0, 0.1) is 0 Å². The minimum absolute atomic E-state index is 0.0976. The van der Waals surface area contributed by atoms with E-state index in [4.69, 9.17) is 16.2 Å². The van der Waals surface area contributed by atoms with Gasteiger partial charge in [-0.1, -0.05) is 18.2 Å². The molecule has 3 nitrogen and oxygen atoms in total. The largest absolute Gasteiger partial charge is 0.286 e. The SMILES string of the molecule is C=C(Cl)CCS(=O)(=O)O. The Bertz CT molecular complexity index is 194. The lowest BCUT2D eigenvalue weighted by Crippen LogP contribution is -2.02. The highest BCUT2D eigenvalue weighted by atomic mass is 35.5. The van der Waals surface area contributed by atoms with Crippen LogP contribution in [0.15, 0.2) is 11.6 Å². The Hall–Kier alpha value is -0.0600. The highest BCUT2D eigenvalue weighted by molar-refractivity contribution is 7.85. The van der Waals surface area contributed by atoms with Gasteiger partial charge in [0.25, 0.3) is 10.1 Å². The Kier molecular flexibility index (Phi) is 3.17. The lowest BCUT2D eigenvalue weighted by atomic mass is 10.5. The molecule has 0 spiro atoms. The van der Waals surface area contributed by atoms with Crippen LogP contribution in [0.3, 0.4) is 0 Å². The molecule has 0 amide bonds. The quantitative estimate of drug-likeness (QED) is 0.644. The third kappa shape index (κ3) is 7.94. The summed E-state index contributed by atoms with van der Waals surface area (Å²) in [5, 5.41) is 0.229. The molecule has 1 N–H and O–H groups in total. The predicted molar refractivity (Wildman–Crippen MR) is 36.0 cm³/mol. The van der Waals surface area contributed by atoms with E-state index in [2.05, 4.69) is 6.58 Å². The third-order valence-electron chi connectivity index (χ3n) is 0.631. The fraction of sp³-hybridized carbons (Fsp3) is 0.500. The van der Waals surface area contributed by atoms with E-state index in [0.717, 1.165) is 0 Å². The summed E-state index contributed by atoms with van der Waals surface area (Å²) in [5.41, 5.74) is 0. The molecule has 0 aliphatic rings. The maximum absolute atomic E-state index is 9.99. The second kappa shape index (κ2) is 3.20. The Labute approximate surface area is 59.1 Å². The predicted octanol–water partition coefficient (Wildman–Crippen LogP) is 1.02. The van der Waals surface area contributed by atoms with Gasteiger partial charge in [-0.25, -0.2) is 0 Å². The van der Waals surface area contributed by atoms with Crippen molar-refractivity contribution in [2.75, 3.05) is 5.75 Å². The van der Waals surface area contributed by atoms with Gasteiger partial charge in [0, 0.05) is 5.03 Å². The van der Waals surface area contributed by atoms with Crippen LogP contribution in [-0.4, -0.2) is 18.7 Å². The number of allylic oxidation sites excluding steroid dienone is 1. The Morgan fingerprint density at radius 2 is 2.11 bits per heavy atom. The normalized spacial score (nSPS) is 11.3. The fourth-order valence-corrected chi connectivity index (χ4v) is 0.951. The molecule has 0 aliphatic heterocycles. The lowest BCUT2D eigenvalue weighted by Gasteiger charge is -1.92. The molecule has 0 aliphatic carbocycles. The van der Waals surface area contributed by atoms with Crippen molar-refractivity contribution < 1.29 is 13.0 Å². The first-order valence-electron chi connectivity index (χ1n) is 2.20. The van der Waals surface area contributed by atoms with E-state index in [1.165, 1.54) is 0 Å². The van der Waals surface area contributed by atoms with Gasteiger partial charge in [0.05, 0.1) is 5.75 Å². The van der Waals surface area contributed by atoms with Gasteiger partial charge in [0.1, 0.15) is 0 Å². The van der Waals surface area contributed by atoms with E-state index in [9.17, 15) is 8.42 Å². The number of hydrogen-bond acceptors (Lipinski definition) is 2. The summed E-state index contributed by atoms with van der Waals surface area (Å²) in [7, 11) is -3.86. The van der Waals surface area contributed by atoms with Crippen molar-refractivity contribution >= 4 is 21.7 Å². The van der Waals surface area contributed by atoms with Crippen LogP contribution in [0.4, 0.5) is 0 Å². The van der Waals surface area contributed by atoms with Gasteiger partial charge >= 0.3 is 0 Å². The molecule has 0 bridgehead atoms. The van der Waals surface area contributed by atoms with E-state index < -0.39 is 10.1 Å². The molecule has 0 radical (unpaired) electrons. The molecule has 0 atom stereocenters.